The van der Waals surface area contributed by atoms with Crippen LogP contribution < -0.4 is 19.7 Å². The van der Waals surface area contributed by atoms with Crippen molar-refractivity contribution in [3.63, 3.8) is 0 Å². The molecular weight excluding hydrogens is 410 g/mol. The molecule has 32 heavy (non-hydrogen) atoms. The van der Waals surface area contributed by atoms with Gasteiger partial charge in [0.1, 0.15) is 17.0 Å². The average molecular weight is 440 g/mol. The number of ether oxygens (including phenoxy) is 3. The lowest BCUT2D eigenvalue weighted by Crippen LogP contribution is -2.36. The quantitative estimate of drug-likeness (QED) is 0.576. The second kappa shape index (κ2) is 9.86. The number of amides is 1. The zero-order valence-electron chi connectivity index (χ0n) is 18.8. The molecule has 9 heteroatoms. The minimum atomic E-state index is -0.250. The number of aromatic nitrogens is 3. The number of hydrogen-bond acceptors (Lipinski definition) is 7. The van der Waals surface area contributed by atoms with Crippen molar-refractivity contribution in [3.05, 3.63) is 35.9 Å². The molecule has 170 valence electrons. The van der Waals surface area contributed by atoms with Crippen molar-refractivity contribution >= 4 is 28.3 Å². The van der Waals surface area contributed by atoms with Crippen molar-refractivity contribution in [3.8, 4) is 11.5 Å². The van der Waals surface area contributed by atoms with Gasteiger partial charge in [-0.25, -0.2) is 4.68 Å². The average Bonchev–Trinajstić information content (AvgIpc) is 3.24. The lowest BCUT2D eigenvalue weighted by molar-refractivity contribution is 0.102. The smallest absolute Gasteiger partial charge is 0.255 e. The van der Waals surface area contributed by atoms with Gasteiger partial charge in [0.25, 0.3) is 5.91 Å². The van der Waals surface area contributed by atoms with Gasteiger partial charge in [0, 0.05) is 37.3 Å². The summed E-state index contributed by atoms with van der Waals surface area (Å²) in [6, 6.07) is 9.16. The zero-order chi connectivity index (χ0) is 22.5. The van der Waals surface area contributed by atoms with Crippen molar-refractivity contribution in [2.24, 2.45) is 0 Å². The van der Waals surface area contributed by atoms with Crippen LogP contribution in [0.5, 0.6) is 11.5 Å². The Balaban J connectivity index is 1.65. The summed E-state index contributed by atoms with van der Waals surface area (Å²) in [7, 11) is 0. The van der Waals surface area contributed by atoms with Gasteiger partial charge >= 0.3 is 0 Å². The molecule has 1 amide bonds. The van der Waals surface area contributed by atoms with Crippen LogP contribution in [0.25, 0.3) is 11.0 Å². The number of morpholine rings is 1. The van der Waals surface area contributed by atoms with Crippen molar-refractivity contribution in [2.75, 3.05) is 49.7 Å². The van der Waals surface area contributed by atoms with E-state index < -0.39 is 0 Å². The normalized spacial score (nSPS) is 13.9. The monoisotopic (exact) mass is 439 g/mol. The summed E-state index contributed by atoms with van der Waals surface area (Å²) in [6.07, 6.45) is 0. The Morgan fingerprint density at radius 1 is 1.06 bits per heavy atom. The number of nitrogens with one attached hydrogen (secondary N) is 1. The summed E-state index contributed by atoms with van der Waals surface area (Å²) >= 11 is 0. The maximum atomic E-state index is 13.1. The molecule has 0 spiro atoms. The molecule has 0 unspecified atom stereocenters. The van der Waals surface area contributed by atoms with E-state index >= 15 is 0 Å². The van der Waals surface area contributed by atoms with E-state index in [0.717, 1.165) is 30.8 Å². The maximum Gasteiger partial charge on any atom is 0.255 e. The Bertz CT molecular complexity index is 1090. The lowest BCUT2D eigenvalue weighted by atomic mass is 10.1. The lowest BCUT2D eigenvalue weighted by Gasteiger charge is -2.31. The van der Waals surface area contributed by atoms with E-state index in [4.69, 9.17) is 14.2 Å². The third kappa shape index (κ3) is 4.47. The minimum absolute atomic E-state index is 0.250. The molecule has 1 aromatic heterocycles. The van der Waals surface area contributed by atoms with E-state index in [0.29, 0.717) is 54.7 Å². The number of carbonyl (C=O) groups excluding carboxylic acids is 1. The first-order chi connectivity index (χ1) is 15.6. The molecule has 2 heterocycles. The molecule has 1 aliphatic rings. The molecule has 0 bridgehead atoms. The number of fused-ring (bicyclic) bond motifs is 1. The molecule has 0 radical (unpaired) electrons. The molecular formula is C23H29N5O4. The molecule has 0 atom stereocenters. The van der Waals surface area contributed by atoms with Gasteiger partial charge < -0.3 is 24.4 Å². The van der Waals surface area contributed by atoms with Gasteiger partial charge in [0.15, 0.2) is 0 Å². The van der Waals surface area contributed by atoms with E-state index in [1.165, 1.54) is 0 Å². The molecule has 1 fully saturated rings. The first-order valence-electron chi connectivity index (χ1n) is 11.1. The van der Waals surface area contributed by atoms with Gasteiger partial charge in [-0.15, -0.1) is 5.10 Å². The minimum Gasteiger partial charge on any atom is -0.492 e. The second-order valence-electron chi connectivity index (χ2n) is 7.34. The number of hydrogen-bond donors (Lipinski definition) is 1. The molecule has 1 saturated heterocycles. The Labute approximate surface area is 187 Å². The third-order valence-electron chi connectivity index (χ3n) is 5.34. The fraction of sp³-hybridized carbons (Fsp3) is 0.435. The van der Waals surface area contributed by atoms with Gasteiger partial charge in [0.05, 0.1) is 43.3 Å². The van der Waals surface area contributed by atoms with Crippen LogP contribution >= 0.6 is 0 Å². The van der Waals surface area contributed by atoms with Crippen LogP contribution in [-0.4, -0.2) is 60.4 Å². The van der Waals surface area contributed by atoms with Crippen LogP contribution in [0, 0.1) is 0 Å². The summed E-state index contributed by atoms with van der Waals surface area (Å²) in [5.41, 5.74) is 3.58. The van der Waals surface area contributed by atoms with Gasteiger partial charge in [-0.1, -0.05) is 5.21 Å². The fourth-order valence-electron chi connectivity index (χ4n) is 3.79. The van der Waals surface area contributed by atoms with Crippen LogP contribution in [0.2, 0.25) is 0 Å². The predicted octanol–water partition coefficient (Wildman–Crippen LogP) is 3.34. The van der Waals surface area contributed by atoms with Crippen molar-refractivity contribution in [1.82, 2.24) is 15.0 Å². The number of aryl methyl sites for hydroxylation is 1. The van der Waals surface area contributed by atoms with Gasteiger partial charge in [-0.2, -0.15) is 0 Å². The molecule has 4 rings (SSSR count). The SMILES string of the molecule is CCOc1cc(N2CCOCC2)c(OCC)cc1NC(=O)c1ccc2c(c1)nnn2CC. The summed E-state index contributed by atoms with van der Waals surface area (Å²) in [4.78, 5) is 15.3. The second-order valence-corrected chi connectivity index (χ2v) is 7.34. The van der Waals surface area contributed by atoms with Crippen molar-refractivity contribution in [2.45, 2.75) is 27.3 Å². The van der Waals surface area contributed by atoms with Crippen molar-refractivity contribution in [1.29, 1.82) is 0 Å². The van der Waals surface area contributed by atoms with E-state index in [9.17, 15) is 4.79 Å². The highest BCUT2D eigenvalue weighted by Gasteiger charge is 2.21. The van der Waals surface area contributed by atoms with Gasteiger partial charge in [-0.05, 0) is 39.0 Å². The largest absolute Gasteiger partial charge is 0.492 e. The highest BCUT2D eigenvalue weighted by atomic mass is 16.5. The summed E-state index contributed by atoms with van der Waals surface area (Å²) in [5.74, 6) is 1.05. The zero-order valence-corrected chi connectivity index (χ0v) is 18.8. The van der Waals surface area contributed by atoms with Crippen LogP contribution in [0.4, 0.5) is 11.4 Å². The number of nitrogens with zero attached hydrogens (tertiary/aromatic N) is 4. The summed E-state index contributed by atoms with van der Waals surface area (Å²) in [5, 5.41) is 11.3. The molecule has 0 saturated carbocycles. The standard InChI is InChI=1S/C23H29N5O4/c1-4-28-19-8-7-16(13-17(19)25-26-28)23(29)24-18-14-22(32-6-3)20(15-21(18)31-5-2)27-9-11-30-12-10-27/h7-8,13-15H,4-6,9-12H2,1-3H3,(H,24,29). The fourth-order valence-corrected chi connectivity index (χ4v) is 3.79. The topological polar surface area (TPSA) is 90.7 Å². The third-order valence-corrected chi connectivity index (χ3v) is 5.34. The molecule has 3 aromatic rings. The van der Waals surface area contributed by atoms with Crippen LogP contribution in [0.1, 0.15) is 31.1 Å². The Hall–Kier alpha value is -3.33. The Kier molecular flexibility index (Phi) is 6.75. The molecule has 1 N–H and O–H groups in total. The van der Waals surface area contributed by atoms with E-state index in [-0.39, 0.29) is 5.91 Å². The van der Waals surface area contributed by atoms with E-state index in [2.05, 4.69) is 20.5 Å². The Morgan fingerprint density at radius 3 is 2.53 bits per heavy atom. The van der Waals surface area contributed by atoms with Gasteiger partial charge in [0.2, 0.25) is 0 Å². The maximum absolute atomic E-state index is 13.1. The van der Waals surface area contributed by atoms with E-state index in [1.54, 1.807) is 16.8 Å². The Morgan fingerprint density at radius 2 is 1.81 bits per heavy atom. The number of rotatable bonds is 8. The molecule has 1 aliphatic heterocycles. The summed E-state index contributed by atoms with van der Waals surface area (Å²) in [6.45, 7) is 10.5. The van der Waals surface area contributed by atoms with Crippen LogP contribution in [0.3, 0.4) is 0 Å². The number of benzene rings is 2. The first kappa shape index (κ1) is 21.9. The molecule has 0 aliphatic carbocycles. The van der Waals surface area contributed by atoms with Crippen LogP contribution in [0.15, 0.2) is 30.3 Å². The number of anilines is 2. The predicted molar refractivity (Wildman–Crippen MR) is 123 cm³/mol. The van der Waals surface area contributed by atoms with Crippen molar-refractivity contribution < 1.29 is 19.0 Å². The molecule has 2 aromatic carbocycles. The highest BCUT2D eigenvalue weighted by Crippen LogP contribution is 2.39. The van der Waals surface area contributed by atoms with Crippen LogP contribution in [-0.2, 0) is 11.3 Å². The van der Waals surface area contributed by atoms with E-state index in [1.807, 2.05) is 39.0 Å². The first-order valence-corrected chi connectivity index (χ1v) is 11.1. The number of carbonyl (C=O) groups is 1. The molecule has 9 nitrogen and oxygen atoms in total. The summed E-state index contributed by atoms with van der Waals surface area (Å²) < 4.78 is 19.1. The van der Waals surface area contributed by atoms with Gasteiger partial charge in [-0.3, -0.25) is 4.79 Å². The highest BCUT2D eigenvalue weighted by molar-refractivity contribution is 6.06.